The van der Waals surface area contributed by atoms with E-state index in [1.807, 2.05) is 4.90 Å². The van der Waals surface area contributed by atoms with Gasteiger partial charge in [-0.05, 0) is 43.5 Å². The first kappa shape index (κ1) is 23.0. The highest BCUT2D eigenvalue weighted by atomic mass is 16.5. The zero-order valence-corrected chi connectivity index (χ0v) is 17.8. The summed E-state index contributed by atoms with van der Waals surface area (Å²) in [6.45, 7) is 6.94. The summed E-state index contributed by atoms with van der Waals surface area (Å²) in [5.41, 5.74) is 9.35. The largest absolute Gasteiger partial charge is 0.463 e. The number of likely N-dealkylation sites (tertiary alicyclic amines) is 1. The molecule has 0 saturated carbocycles. The van der Waals surface area contributed by atoms with E-state index in [9.17, 15) is 4.79 Å². The maximum atomic E-state index is 12.4. The minimum atomic E-state index is 0. The van der Waals surface area contributed by atoms with Crippen molar-refractivity contribution < 1.29 is 9.53 Å². The van der Waals surface area contributed by atoms with Crippen LogP contribution in [0.15, 0.2) is 24.3 Å². The first-order valence-electron chi connectivity index (χ1n) is 11.0. The summed E-state index contributed by atoms with van der Waals surface area (Å²) >= 11 is 0. The summed E-state index contributed by atoms with van der Waals surface area (Å²) in [5.74, 6) is 1.19. The summed E-state index contributed by atoms with van der Waals surface area (Å²) < 4.78 is 5.69. The molecule has 168 valence electrons. The average Bonchev–Trinajstić information content (AvgIpc) is 3.22. The number of carbonyl (C=O) groups is 1. The number of benzene rings is 1. The molecule has 0 spiro atoms. The molecule has 0 atom stereocenters. The van der Waals surface area contributed by atoms with Crippen LogP contribution < -0.4 is 15.4 Å². The SMILES string of the molecule is C.CCCCOc1nc(N)c2c(n1)N(Cc1cccc(CN3CCCC3)c1)CC(=O)C2. The minimum absolute atomic E-state index is 0. The maximum Gasteiger partial charge on any atom is 0.320 e. The van der Waals surface area contributed by atoms with Crippen molar-refractivity contribution in [3.05, 3.63) is 41.0 Å². The van der Waals surface area contributed by atoms with E-state index in [1.165, 1.54) is 31.5 Å². The summed E-state index contributed by atoms with van der Waals surface area (Å²) in [4.78, 5) is 25.8. The third-order valence-electron chi connectivity index (χ3n) is 5.74. The van der Waals surface area contributed by atoms with Gasteiger partial charge >= 0.3 is 6.01 Å². The van der Waals surface area contributed by atoms with E-state index in [-0.39, 0.29) is 19.6 Å². The Morgan fingerprint density at radius 1 is 1.13 bits per heavy atom. The molecule has 1 aromatic carbocycles. The summed E-state index contributed by atoms with van der Waals surface area (Å²) in [6, 6.07) is 8.91. The van der Waals surface area contributed by atoms with Gasteiger partial charge in [-0.3, -0.25) is 9.69 Å². The molecule has 4 rings (SSSR count). The molecule has 0 amide bonds. The Morgan fingerprint density at radius 2 is 1.87 bits per heavy atom. The molecular weight excluding hydrogens is 390 g/mol. The van der Waals surface area contributed by atoms with E-state index in [0.717, 1.165) is 30.8 Å². The van der Waals surface area contributed by atoms with E-state index in [2.05, 4.69) is 46.1 Å². The van der Waals surface area contributed by atoms with Gasteiger partial charge in [-0.25, -0.2) is 0 Å². The molecule has 7 nitrogen and oxygen atoms in total. The third-order valence-corrected chi connectivity index (χ3v) is 5.74. The van der Waals surface area contributed by atoms with Crippen LogP contribution in [0, 0.1) is 0 Å². The Labute approximate surface area is 185 Å². The standard InChI is InChI=1S/C23H31N5O2.CH4/c1-2-3-11-30-23-25-21(24)20-13-19(29)16-28(22(20)26-23)15-18-8-6-7-17(12-18)14-27-9-4-5-10-27;/h6-8,12H,2-5,9-11,13-16H2,1H3,(H2,24,25,26);1H4. The average molecular weight is 426 g/mol. The number of ether oxygens (including phenoxy) is 1. The predicted octanol–water partition coefficient (Wildman–Crippen LogP) is 3.60. The van der Waals surface area contributed by atoms with Gasteiger partial charge in [-0.1, -0.05) is 45.0 Å². The number of rotatable bonds is 8. The number of hydrogen-bond donors (Lipinski definition) is 1. The molecule has 2 N–H and O–H groups in total. The van der Waals surface area contributed by atoms with Crippen LogP contribution in [0.4, 0.5) is 11.6 Å². The van der Waals surface area contributed by atoms with Gasteiger partial charge in [-0.15, -0.1) is 0 Å². The van der Waals surface area contributed by atoms with Crippen molar-refractivity contribution in [2.75, 3.05) is 36.9 Å². The Hall–Kier alpha value is -2.67. The number of nitrogen functional groups attached to an aromatic ring is 1. The van der Waals surface area contributed by atoms with Crippen molar-refractivity contribution in [1.82, 2.24) is 14.9 Å². The van der Waals surface area contributed by atoms with Gasteiger partial charge < -0.3 is 15.4 Å². The molecule has 1 saturated heterocycles. The van der Waals surface area contributed by atoms with Gasteiger partial charge in [0.05, 0.1) is 13.2 Å². The van der Waals surface area contributed by atoms with Gasteiger partial charge in [-0.2, -0.15) is 9.97 Å². The van der Waals surface area contributed by atoms with Gasteiger partial charge in [0.2, 0.25) is 0 Å². The molecule has 1 aromatic heterocycles. The molecule has 31 heavy (non-hydrogen) atoms. The quantitative estimate of drug-likeness (QED) is 0.647. The van der Waals surface area contributed by atoms with E-state index in [1.54, 1.807) is 0 Å². The summed E-state index contributed by atoms with van der Waals surface area (Å²) in [5, 5.41) is 0. The maximum absolute atomic E-state index is 12.4. The molecule has 2 aromatic rings. The van der Waals surface area contributed by atoms with E-state index < -0.39 is 0 Å². The first-order chi connectivity index (χ1) is 14.6. The van der Waals surface area contributed by atoms with Gasteiger partial charge in [0.1, 0.15) is 11.6 Å². The smallest absolute Gasteiger partial charge is 0.320 e. The Kier molecular flexibility index (Phi) is 7.85. The molecule has 0 radical (unpaired) electrons. The van der Waals surface area contributed by atoms with E-state index in [0.29, 0.717) is 37.1 Å². The number of anilines is 2. The highest BCUT2D eigenvalue weighted by Crippen LogP contribution is 2.30. The fraction of sp³-hybridized carbons (Fsp3) is 0.542. The van der Waals surface area contributed by atoms with E-state index >= 15 is 0 Å². The van der Waals surface area contributed by atoms with Crippen molar-refractivity contribution >= 4 is 17.4 Å². The van der Waals surface area contributed by atoms with Gasteiger partial charge in [0.15, 0.2) is 5.78 Å². The molecule has 0 aliphatic carbocycles. The number of nitrogens with zero attached hydrogens (tertiary/aromatic N) is 4. The monoisotopic (exact) mass is 425 g/mol. The highest BCUT2D eigenvalue weighted by molar-refractivity contribution is 5.91. The molecule has 2 aliphatic heterocycles. The van der Waals surface area contributed by atoms with Crippen molar-refractivity contribution in [3.8, 4) is 6.01 Å². The van der Waals surface area contributed by atoms with Crippen LogP contribution in [-0.2, 0) is 24.3 Å². The van der Waals surface area contributed by atoms with Crippen molar-refractivity contribution in [2.45, 2.75) is 59.5 Å². The molecule has 0 unspecified atom stereocenters. The first-order valence-corrected chi connectivity index (χ1v) is 11.0. The number of aromatic nitrogens is 2. The van der Waals surface area contributed by atoms with Crippen LogP contribution >= 0.6 is 0 Å². The van der Waals surface area contributed by atoms with Crippen LogP contribution in [0.5, 0.6) is 6.01 Å². The molecule has 0 bridgehead atoms. The van der Waals surface area contributed by atoms with Crippen LogP contribution in [0.1, 0.15) is 56.7 Å². The summed E-state index contributed by atoms with van der Waals surface area (Å²) in [7, 11) is 0. The lowest BCUT2D eigenvalue weighted by molar-refractivity contribution is -0.117. The van der Waals surface area contributed by atoms with Crippen molar-refractivity contribution in [1.29, 1.82) is 0 Å². The Bertz CT molecular complexity index is 896. The number of carbonyl (C=O) groups excluding carboxylic acids is 1. The highest BCUT2D eigenvalue weighted by Gasteiger charge is 2.27. The Morgan fingerprint density at radius 3 is 2.61 bits per heavy atom. The van der Waals surface area contributed by atoms with E-state index in [4.69, 9.17) is 10.5 Å². The predicted molar refractivity (Wildman–Crippen MR) is 124 cm³/mol. The molecule has 3 heterocycles. The van der Waals surface area contributed by atoms with Crippen LogP contribution in [0.25, 0.3) is 0 Å². The molecule has 7 heteroatoms. The molecular formula is C24H35N5O2. The fourth-order valence-electron chi connectivity index (χ4n) is 4.19. The second kappa shape index (κ2) is 10.6. The van der Waals surface area contributed by atoms with Gasteiger partial charge in [0.25, 0.3) is 0 Å². The normalized spacial score (nSPS) is 16.2. The minimum Gasteiger partial charge on any atom is -0.463 e. The number of ketones is 1. The zero-order valence-electron chi connectivity index (χ0n) is 17.8. The number of nitrogens with two attached hydrogens (primary N) is 1. The fourth-order valence-corrected chi connectivity index (χ4v) is 4.19. The third kappa shape index (κ3) is 5.73. The lowest BCUT2D eigenvalue weighted by atomic mass is 10.0. The topological polar surface area (TPSA) is 84.6 Å². The zero-order chi connectivity index (χ0) is 20.9. The lowest BCUT2D eigenvalue weighted by Gasteiger charge is -2.30. The Balaban J connectivity index is 0.00000272. The summed E-state index contributed by atoms with van der Waals surface area (Å²) in [6.07, 6.45) is 4.83. The molecule has 2 aliphatic rings. The second-order valence-electron chi connectivity index (χ2n) is 8.27. The van der Waals surface area contributed by atoms with Crippen LogP contribution in [-0.4, -0.2) is 46.9 Å². The van der Waals surface area contributed by atoms with Crippen molar-refractivity contribution in [2.24, 2.45) is 0 Å². The lowest BCUT2D eigenvalue weighted by Crippen LogP contribution is -2.36. The number of hydrogen-bond acceptors (Lipinski definition) is 7. The number of unbranched alkanes of at least 4 members (excludes halogenated alkanes) is 1. The van der Waals surface area contributed by atoms with Crippen LogP contribution in [0.3, 0.4) is 0 Å². The van der Waals surface area contributed by atoms with Crippen molar-refractivity contribution in [3.63, 3.8) is 0 Å². The second-order valence-corrected chi connectivity index (χ2v) is 8.27. The number of Topliss-reactive ketones (excluding diaryl/α,β-unsaturated/α-hetero) is 1. The van der Waals surface area contributed by atoms with Gasteiger partial charge in [0, 0.05) is 25.1 Å². The number of fused-ring (bicyclic) bond motifs is 1. The molecule has 1 fully saturated rings. The van der Waals surface area contributed by atoms with Crippen LogP contribution in [0.2, 0.25) is 0 Å².